The third-order valence-electron chi connectivity index (χ3n) is 3.10. The van der Waals surface area contributed by atoms with Gasteiger partial charge in [-0.3, -0.25) is 4.79 Å². The van der Waals surface area contributed by atoms with Gasteiger partial charge in [0.15, 0.2) is 0 Å². The number of likely N-dealkylation sites (N-methyl/N-ethyl adjacent to an activating group) is 1. The zero-order valence-electron chi connectivity index (χ0n) is 9.74. The zero-order valence-corrected chi connectivity index (χ0v) is 11.3. The van der Waals surface area contributed by atoms with Gasteiger partial charge in [-0.25, -0.2) is 0 Å². The number of nitrogen functional groups attached to an aromatic ring is 1. The summed E-state index contributed by atoms with van der Waals surface area (Å²) in [6.07, 6.45) is 1.90. The van der Waals surface area contributed by atoms with Gasteiger partial charge in [0.1, 0.15) is 6.04 Å². The van der Waals surface area contributed by atoms with Crippen molar-refractivity contribution in [3.05, 3.63) is 22.7 Å². The lowest BCUT2D eigenvalue weighted by molar-refractivity contribution is -0.121. The monoisotopic (exact) mass is 297 g/mol. The van der Waals surface area contributed by atoms with Crippen molar-refractivity contribution in [2.24, 2.45) is 0 Å². The van der Waals surface area contributed by atoms with Gasteiger partial charge in [-0.15, -0.1) is 0 Å². The molecule has 1 fully saturated rings. The Morgan fingerprint density at radius 2 is 2.35 bits per heavy atom. The second-order valence-corrected chi connectivity index (χ2v) is 5.08. The fraction of sp³-hybridized carbons (Fsp3) is 0.417. The van der Waals surface area contributed by atoms with Gasteiger partial charge < -0.3 is 16.0 Å². The largest absolute Gasteiger partial charge is 0.397 e. The normalized spacial score (nSPS) is 19.4. The number of halogens is 1. The van der Waals surface area contributed by atoms with E-state index in [-0.39, 0.29) is 11.9 Å². The Morgan fingerprint density at radius 1 is 1.59 bits per heavy atom. The van der Waals surface area contributed by atoms with Gasteiger partial charge >= 0.3 is 0 Å². The van der Waals surface area contributed by atoms with Crippen LogP contribution >= 0.6 is 15.9 Å². The molecule has 1 heterocycles. The van der Waals surface area contributed by atoms with Gasteiger partial charge in [0.05, 0.1) is 11.4 Å². The maximum Gasteiger partial charge on any atom is 0.242 e. The molecule has 0 radical (unpaired) electrons. The van der Waals surface area contributed by atoms with E-state index in [0.29, 0.717) is 5.69 Å². The number of carbonyl (C=O) groups is 1. The highest BCUT2D eigenvalue weighted by atomic mass is 79.9. The fourth-order valence-corrected chi connectivity index (χ4v) is 2.61. The van der Waals surface area contributed by atoms with Crippen molar-refractivity contribution in [2.45, 2.75) is 18.9 Å². The minimum Gasteiger partial charge on any atom is -0.397 e. The van der Waals surface area contributed by atoms with Gasteiger partial charge in [-0.2, -0.15) is 0 Å². The van der Waals surface area contributed by atoms with Crippen molar-refractivity contribution in [3.63, 3.8) is 0 Å². The highest BCUT2D eigenvalue weighted by Gasteiger charge is 2.31. The lowest BCUT2D eigenvalue weighted by Gasteiger charge is -2.26. The lowest BCUT2D eigenvalue weighted by Crippen LogP contribution is -2.42. The first-order chi connectivity index (χ1) is 8.13. The van der Waals surface area contributed by atoms with Crippen LogP contribution in [-0.4, -0.2) is 25.5 Å². The van der Waals surface area contributed by atoms with E-state index < -0.39 is 0 Å². The first-order valence-corrected chi connectivity index (χ1v) is 6.46. The summed E-state index contributed by atoms with van der Waals surface area (Å²) in [4.78, 5) is 13.9. The molecule has 0 bridgehead atoms. The quantitative estimate of drug-likeness (QED) is 0.818. The molecule has 1 aliphatic heterocycles. The maximum atomic E-state index is 11.8. The van der Waals surface area contributed by atoms with E-state index in [1.807, 2.05) is 18.2 Å². The van der Waals surface area contributed by atoms with Gasteiger partial charge in [-0.1, -0.05) is 15.9 Å². The summed E-state index contributed by atoms with van der Waals surface area (Å²) in [5.74, 6) is 0.0573. The summed E-state index contributed by atoms with van der Waals surface area (Å²) in [6, 6.07) is 5.63. The third kappa shape index (κ3) is 2.39. The summed E-state index contributed by atoms with van der Waals surface area (Å²) >= 11 is 3.43. The number of hydrogen-bond donors (Lipinski definition) is 2. The van der Waals surface area contributed by atoms with Gasteiger partial charge in [0.25, 0.3) is 0 Å². The van der Waals surface area contributed by atoms with Crippen LogP contribution < -0.4 is 16.0 Å². The Bertz CT molecular complexity index is 436. The minimum atomic E-state index is -0.100. The molecule has 2 rings (SSSR count). The van der Waals surface area contributed by atoms with E-state index in [0.717, 1.165) is 29.5 Å². The molecule has 3 N–H and O–H groups in total. The molecule has 0 aliphatic carbocycles. The average molecular weight is 298 g/mol. The fourth-order valence-electron chi connectivity index (χ4n) is 2.26. The number of anilines is 2. The first kappa shape index (κ1) is 12.2. The predicted octanol–water partition coefficient (Wildman–Crippen LogP) is 1.75. The van der Waals surface area contributed by atoms with Crippen LogP contribution in [0.1, 0.15) is 12.8 Å². The highest BCUT2D eigenvalue weighted by molar-refractivity contribution is 9.10. The number of nitrogens with zero attached hydrogens (tertiary/aromatic N) is 1. The smallest absolute Gasteiger partial charge is 0.242 e. The number of rotatable bonds is 2. The molecule has 0 aromatic heterocycles. The molecule has 1 amide bonds. The molecular formula is C12H16BrN3O. The van der Waals surface area contributed by atoms with Crippen molar-refractivity contribution in [1.82, 2.24) is 5.32 Å². The van der Waals surface area contributed by atoms with E-state index in [9.17, 15) is 4.79 Å². The van der Waals surface area contributed by atoms with Crippen LogP contribution in [0, 0.1) is 0 Å². The van der Waals surface area contributed by atoms with Crippen molar-refractivity contribution in [3.8, 4) is 0 Å². The van der Waals surface area contributed by atoms with E-state index >= 15 is 0 Å². The van der Waals surface area contributed by atoms with Gasteiger partial charge in [-0.05, 0) is 31.0 Å². The molecular weight excluding hydrogens is 282 g/mol. The topological polar surface area (TPSA) is 58.4 Å². The Hall–Kier alpha value is -1.23. The van der Waals surface area contributed by atoms with Gasteiger partial charge in [0.2, 0.25) is 5.91 Å². The lowest BCUT2D eigenvalue weighted by atomic mass is 10.2. The zero-order chi connectivity index (χ0) is 12.4. The summed E-state index contributed by atoms with van der Waals surface area (Å²) in [7, 11) is 1.67. The summed E-state index contributed by atoms with van der Waals surface area (Å²) < 4.78 is 0.976. The maximum absolute atomic E-state index is 11.8. The molecule has 0 spiro atoms. The predicted molar refractivity (Wildman–Crippen MR) is 73.0 cm³/mol. The number of carbonyl (C=O) groups excluding carboxylic acids is 1. The second-order valence-electron chi connectivity index (χ2n) is 4.17. The molecule has 17 heavy (non-hydrogen) atoms. The number of nitrogens with one attached hydrogen (secondary N) is 1. The Balaban J connectivity index is 2.32. The van der Waals surface area contributed by atoms with Crippen LogP contribution in [-0.2, 0) is 4.79 Å². The number of nitrogens with two attached hydrogens (primary N) is 1. The van der Waals surface area contributed by atoms with E-state index in [1.165, 1.54) is 0 Å². The second kappa shape index (κ2) is 4.96. The summed E-state index contributed by atoms with van der Waals surface area (Å²) in [5.41, 5.74) is 7.63. The highest BCUT2D eigenvalue weighted by Crippen LogP contribution is 2.32. The third-order valence-corrected chi connectivity index (χ3v) is 3.60. The van der Waals surface area contributed by atoms with E-state index in [1.54, 1.807) is 7.05 Å². The van der Waals surface area contributed by atoms with Crippen LogP contribution in [0.2, 0.25) is 0 Å². The van der Waals surface area contributed by atoms with Crippen LogP contribution in [0.3, 0.4) is 0 Å². The molecule has 1 aliphatic rings. The molecule has 1 unspecified atom stereocenters. The molecule has 4 nitrogen and oxygen atoms in total. The van der Waals surface area contributed by atoms with Crippen LogP contribution in [0.5, 0.6) is 0 Å². The van der Waals surface area contributed by atoms with Crippen LogP contribution in [0.4, 0.5) is 11.4 Å². The standard InChI is InChI=1S/C12H16BrN3O/c1-15-12(17)10-3-2-6-16(10)11-7-8(13)4-5-9(11)14/h4-5,7,10H,2-3,6,14H2,1H3,(H,15,17). The first-order valence-electron chi connectivity index (χ1n) is 5.66. The molecule has 1 aromatic rings. The van der Waals surface area contributed by atoms with Crippen molar-refractivity contribution in [2.75, 3.05) is 24.2 Å². The van der Waals surface area contributed by atoms with Crippen LogP contribution in [0.25, 0.3) is 0 Å². The Kier molecular flexibility index (Phi) is 3.57. The average Bonchev–Trinajstić information content (AvgIpc) is 2.80. The number of hydrogen-bond acceptors (Lipinski definition) is 3. The van der Waals surface area contributed by atoms with E-state index in [2.05, 4.69) is 26.1 Å². The molecule has 92 valence electrons. The molecule has 1 saturated heterocycles. The van der Waals surface area contributed by atoms with Crippen molar-refractivity contribution < 1.29 is 4.79 Å². The number of amides is 1. The molecule has 5 heteroatoms. The Labute approximate surface area is 109 Å². The molecule has 0 saturated carbocycles. The van der Waals surface area contributed by atoms with Crippen LogP contribution in [0.15, 0.2) is 22.7 Å². The molecule has 1 atom stereocenters. The summed E-state index contributed by atoms with van der Waals surface area (Å²) in [6.45, 7) is 0.874. The van der Waals surface area contributed by atoms with Gasteiger partial charge in [0, 0.05) is 18.1 Å². The van der Waals surface area contributed by atoms with Crippen molar-refractivity contribution in [1.29, 1.82) is 0 Å². The minimum absolute atomic E-state index is 0.0573. The molecule has 1 aromatic carbocycles. The Morgan fingerprint density at radius 3 is 3.06 bits per heavy atom. The number of benzene rings is 1. The van der Waals surface area contributed by atoms with Crippen molar-refractivity contribution >= 4 is 33.2 Å². The SMILES string of the molecule is CNC(=O)C1CCCN1c1cc(Br)ccc1N. The summed E-state index contributed by atoms with van der Waals surface area (Å²) in [5, 5.41) is 2.71. The van der Waals surface area contributed by atoms with E-state index in [4.69, 9.17) is 5.73 Å².